The molecule has 0 saturated carbocycles. The molecule has 1 unspecified atom stereocenters. The molecule has 0 aromatic heterocycles. The van der Waals surface area contributed by atoms with Crippen LogP contribution in [-0.4, -0.2) is 20.4 Å². The Morgan fingerprint density at radius 2 is 2.07 bits per heavy atom. The predicted octanol–water partition coefficient (Wildman–Crippen LogP) is 1.60. The second-order valence-electron chi connectivity index (χ2n) is 2.78. The van der Waals surface area contributed by atoms with Crippen molar-refractivity contribution in [2.24, 2.45) is 0 Å². The number of ether oxygens (including phenoxy) is 1. The van der Waals surface area contributed by atoms with E-state index in [1.165, 1.54) is 24.3 Å². The highest BCUT2D eigenvalue weighted by molar-refractivity contribution is 6.23. The number of halogens is 1. The zero-order valence-corrected chi connectivity index (χ0v) is 7.87. The van der Waals surface area contributed by atoms with Gasteiger partial charge in [0.25, 0.3) is 0 Å². The van der Waals surface area contributed by atoms with Crippen molar-refractivity contribution in [3.05, 3.63) is 35.6 Å². The van der Waals surface area contributed by atoms with Crippen LogP contribution in [0.25, 0.3) is 0 Å². The molecule has 0 fully saturated rings. The maximum atomic E-state index is 12.5. The summed E-state index contributed by atoms with van der Waals surface area (Å²) < 4.78 is 17.3. The van der Waals surface area contributed by atoms with Crippen LogP contribution >= 0.6 is 0 Å². The van der Waals surface area contributed by atoms with E-state index in [9.17, 15) is 9.18 Å². The van der Waals surface area contributed by atoms with Crippen LogP contribution in [0.5, 0.6) is 0 Å². The highest BCUT2D eigenvalue weighted by Gasteiger charge is 2.15. The zero-order chi connectivity index (χ0) is 10.6. The molecule has 1 aromatic rings. The van der Waals surface area contributed by atoms with E-state index in [1.54, 1.807) is 6.92 Å². The first kappa shape index (κ1) is 10.8. The molecule has 1 aromatic carbocycles. The lowest BCUT2D eigenvalue weighted by atomic mass is 9.81. The van der Waals surface area contributed by atoms with Gasteiger partial charge in [-0.3, -0.25) is 4.79 Å². The van der Waals surface area contributed by atoms with E-state index in [0.29, 0.717) is 5.56 Å². The van der Waals surface area contributed by atoms with Crippen LogP contribution in [0, 0.1) is 5.82 Å². The summed E-state index contributed by atoms with van der Waals surface area (Å²) in [6.07, 6.45) is 0. The Kier molecular flexibility index (Phi) is 3.68. The van der Waals surface area contributed by atoms with Crippen molar-refractivity contribution in [3.8, 4) is 0 Å². The smallest absolute Gasteiger partial charge is 0.304 e. The largest absolute Gasteiger partial charge is 0.466 e. The molecule has 0 N–H and O–H groups in total. The van der Waals surface area contributed by atoms with E-state index < -0.39 is 11.8 Å². The van der Waals surface area contributed by atoms with E-state index in [1.807, 2.05) is 0 Å². The second-order valence-corrected chi connectivity index (χ2v) is 2.78. The van der Waals surface area contributed by atoms with Gasteiger partial charge in [-0.05, 0) is 24.6 Å². The first-order valence-corrected chi connectivity index (χ1v) is 4.33. The normalized spacial score (nSPS) is 12.1. The van der Waals surface area contributed by atoms with E-state index in [2.05, 4.69) is 0 Å². The van der Waals surface area contributed by atoms with Crippen molar-refractivity contribution < 1.29 is 13.9 Å². The van der Waals surface area contributed by atoms with Gasteiger partial charge < -0.3 is 4.74 Å². The molecule has 0 amide bonds. The number of rotatable bonds is 3. The average Bonchev–Trinajstić information content (AvgIpc) is 2.18. The molecular weight excluding hydrogens is 182 g/mol. The third-order valence-corrected chi connectivity index (χ3v) is 1.77. The van der Waals surface area contributed by atoms with Crippen molar-refractivity contribution in [2.75, 3.05) is 6.61 Å². The summed E-state index contributed by atoms with van der Waals surface area (Å²) in [5, 5.41) is 0. The summed E-state index contributed by atoms with van der Waals surface area (Å²) in [7, 11) is 5.58. The minimum atomic E-state index is -0.837. The molecule has 1 atom stereocenters. The van der Waals surface area contributed by atoms with Gasteiger partial charge in [-0.25, -0.2) is 4.39 Å². The van der Waals surface area contributed by atoms with Gasteiger partial charge in [-0.1, -0.05) is 12.1 Å². The Morgan fingerprint density at radius 3 is 2.57 bits per heavy atom. The molecule has 0 aliphatic rings. The summed E-state index contributed by atoms with van der Waals surface area (Å²) in [6, 6.07) is 5.46. The van der Waals surface area contributed by atoms with Crippen LogP contribution in [0.3, 0.4) is 0 Å². The predicted molar refractivity (Wildman–Crippen MR) is 51.5 cm³/mol. The van der Waals surface area contributed by atoms with Crippen LogP contribution < -0.4 is 0 Å². The molecule has 0 aliphatic carbocycles. The van der Waals surface area contributed by atoms with Gasteiger partial charge >= 0.3 is 5.97 Å². The molecule has 2 nitrogen and oxygen atoms in total. The lowest BCUT2D eigenvalue weighted by molar-refractivity contribution is -0.142. The van der Waals surface area contributed by atoms with Crippen LogP contribution in [0.1, 0.15) is 18.3 Å². The average molecular weight is 192 g/mol. The molecule has 0 aliphatic heterocycles. The van der Waals surface area contributed by atoms with Gasteiger partial charge in [0.2, 0.25) is 0 Å². The molecule has 4 heteroatoms. The highest BCUT2D eigenvalue weighted by Crippen LogP contribution is 2.14. The Hall–Kier alpha value is -1.32. The zero-order valence-electron chi connectivity index (χ0n) is 7.87. The topological polar surface area (TPSA) is 26.3 Å². The third kappa shape index (κ3) is 2.59. The Labute approximate surface area is 83.5 Å². The van der Waals surface area contributed by atoms with Crippen LogP contribution in [-0.2, 0) is 9.53 Å². The van der Waals surface area contributed by atoms with Crippen molar-refractivity contribution in [2.45, 2.75) is 12.7 Å². The minimum absolute atomic E-state index is 0.285. The summed E-state index contributed by atoms with van der Waals surface area (Å²) in [5.41, 5.74) is 0.546. The van der Waals surface area contributed by atoms with E-state index >= 15 is 0 Å². The molecule has 1 rings (SSSR count). The van der Waals surface area contributed by atoms with Crippen molar-refractivity contribution in [3.63, 3.8) is 0 Å². The van der Waals surface area contributed by atoms with Gasteiger partial charge in [0.1, 0.15) is 5.82 Å². The standard InChI is InChI=1S/C10H10BFO2/c1-2-14-10(13)9(11)7-3-5-8(12)6-4-7/h3-6,9H,2H2,1H3. The van der Waals surface area contributed by atoms with Crippen LogP contribution in [0.4, 0.5) is 4.39 Å². The molecule has 72 valence electrons. The SMILES string of the molecule is [B]C(C(=O)OCC)c1ccc(F)cc1. The lowest BCUT2D eigenvalue weighted by Gasteiger charge is -2.10. The number of carbonyl (C=O) groups is 1. The maximum Gasteiger partial charge on any atom is 0.304 e. The molecule has 0 spiro atoms. The van der Waals surface area contributed by atoms with Gasteiger partial charge in [-0.15, -0.1) is 0 Å². The summed E-state index contributed by atoms with van der Waals surface area (Å²) in [6.45, 7) is 1.99. The van der Waals surface area contributed by atoms with Crippen molar-refractivity contribution >= 4 is 13.8 Å². The Morgan fingerprint density at radius 1 is 1.50 bits per heavy atom. The highest BCUT2D eigenvalue weighted by atomic mass is 19.1. The molecule has 2 radical (unpaired) electrons. The fraction of sp³-hybridized carbons (Fsp3) is 0.300. The summed E-state index contributed by atoms with van der Waals surface area (Å²) in [4.78, 5) is 11.2. The second kappa shape index (κ2) is 4.79. The summed E-state index contributed by atoms with van der Waals surface area (Å²) >= 11 is 0. The van der Waals surface area contributed by atoms with Gasteiger partial charge in [0.15, 0.2) is 0 Å². The van der Waals surface area contributed by atoms with Gasteiger partial charge in [-0.2, -0.15) is 0 Å². The van der Waals surface area contributed by atoms with E-state index in [-0.39, 0.29) is 12.4 Å². The number of hydrogen-bond acceptors (Lipinski definition) is 2. The molecule has 14 heavy (non-hydrogen) atoms. The van der Waals surface area contributed by atoms with Crippen LogP contribution in [0.15, 0.2) is 24.3 Å². The molecule has 0 saturated heterocycles. The number of benzene rings is 1. The first-order chi connectivity index (χ1) is 6.65. The van der Waals surface area contributed by atoms with E-state index in [0.717, 1.165) is 0 Å². The maximum absolute atomic E-state index is 12.5. The Bertz CT molecular complexity index is 310. The number of carbonyl (C=O) groups excluding carboxylic acids is 1. The first-order valence-electron chi connectivity index (χ1n) is 4.33. The molecular formula is C10H10BFO2. The van der Waals surface area contributed by atoms with Crippen LogP contribution in [0.2, 0.25) is 0 Å². The van der Waals surface area contributed by atoms with Crippen molar-refractivity contribution in [1.29, 1.82) is 0 Å². The number of hydrogen-bond donors (Lipinski definition) is 0. The van der Waals surface area contributed by atoms with Crippen molar-refractivity contribution in [1.82, 2.24) is 0 Å². The van der Waals surface area contributed by atoms with E-state index in [4.69, 9.17) is 12.6 Å². The lowest BCUT2D eigenvalue weighted by Crippen LogP contribution is -2.15. The molecule has 0 bridgehead atoms. The fourth-order valence-electron chi connectivity index (χ4n) is 1.04. The summed E-state index contributed by atoms with van der Waals surface area (Å²) in [5.74, 6) is -1.69. The number of esters is 1. The Balaban J connectivity index is 2.73. The quantitative estimate of drug-likeness (QED) is 0.536. The monoisotopic (exact) mass is 192 g/mol. The van der Waals surface area contributed by atoms with Gasteiger partial charge in [0.05, 0.1) is 14.5 Å². The fourth-order valence-corrected chi connectivity index (χ4v) is 1.04. The third-order valence-electron chi connectivity index (χ3n) is 1.77. The molecule has 0 heterocycles. The minimum Gasteiger partial charge on any atom is -0.466 e. The van der Waals surface area contributed by atoms with Gasteiger partial charge in [0, 0.05) is 5.82 Å².